The number of furan rings is 1. The van der Waals surface area contributed by atoms with Crippen LogP contribution in [0.4, 0.5) is 0 Å². The molecule has 4 heteroatoms. The van der Waals surface area contributed by atoms with Gasteiger partial charge in [-0.2, -0.15) is 5.26 Å². The predicted molar refractivity (Wildman–Crippen MR) is 71.3 cm³/mol. The molecule has 1 aromatic carbocycles. The Labute approximate surface area is 112 Å². The van der Waals surface area contributed by atoms with E-state index >= 15 is 0 Å². The third kappa shape index (κ3) is 3.68. The van der Waals surface area contributed by atoms with Crippen LogP contribution in [-0.4, -0.2) is 11.7 Å². The Kier molecular flexibility index (Phi) is 4.35. The van der Waals surface area contributed by atoms with E-state index in [1.807, 2.05) is 19.1 Å². The maximum Gasteiger partial charge on any atom is 0.117 e. The van der Waals surface area contributed by atoms with Crippen LogP contribution in [0.2, 0.25) is 0 Å². The van der Waals surface area contributed by atoms with Gasteiger partial charge in [0.05, 0.1) is 24.3 Å². The molecule has 0 aliphatic rings. The van der Waals surface area contributed by atoms with Crippen molar-refractivity contribution in [3.63, 3.8) is 0 Å². The quantitative estimate of drug-likeness (QED) is 0.861. The topological polar surface area (TPSA) is 69.2 Å². The van der Waals surface area contributed by atoms with E-state index in [1.165, 1.54) is 0 Å². The van der Waals surface area contributed by atoms with Crippen LogP contribution in [0.25, 0.3) is 0 Å². The van der Waals surface area contributed by atoms with Crippen molar-refractivity contribution in [1.29, 1.82) is 5.26 Å². The normalized spacial score (nSPS) is 12.1. The highest BCUT2D eigenvalue weighted by atomic mass is 16.3. The second kappa shape index (κ2) is 6.19. The molecular formula is C15H16N2O2. The zero-order chi connectivity index (χ0) is 13.7. The maximum absolute atomic E-state index is 9.99. The van der Waals surface area contributed by atoms with Crippen molar-refractivity contribution in [3.8, 4) is 6.07 Å². The van der Waals surface area contributed by atoms with Gasteiger partial charge in [0.15, 0.2) is 0 Å². The monoisotopic (exact) mass is 256 g/mol. The molecule has 1 heterocycles. The van der Waals surface area contributed by atoms with Crippen LogP contribution in [0, 0.1) is 18.3 Å². The Morgan fingerprint density at radius 3 is 2.58 bits per heavy atom. The zero-order valence-electron chi connectivity index (χ0n) is 10.8. The third-order valence-electron chi connectivity index (χ3n) is 2.86. The van der Waals surface area contributed by atoms with Crippen LogP contribution in [0.5, 0.6) is 0 Å². The Hall–Kier alpha value is -2.09. The highest BCUT2D eigenvalue weighted by molar-refractivity contribution is 5.32. The van der Waals surface area contributed by atoms with E-state index < -0.39 is 6.10 Å². The van der Waals surface area contributed by atoms with Crippen molar-refractivity contribution in [3.05, 3.63) is 59.0 Å². The summed E-state index contributed by atoms with van der Waals surface area (Å²) >= 11 is 0. The van der Waals surface area contributed by atoms with Gasteiger partial charge in [-0.1, -0.05) is 12.1 Å². The van der Waals surface area contributed by atoms with Gasteiger partial charge in [-0.05, 0) is 36.8 Å². The first-order valence-electron chi connectivity index (χ1n) is 6.13. The molecule has 0 aliphatic heterocycles. The smallest absolute Gasteiger partial charge is 0.117 e. The van der Waals surface area contributed by atoms with Crippen molar-refractivity contribution in [2.24, 2.45) is 0 Å². The predicted octanol–water partition coefficient (Wildman–Crippen LogP) is 2.28. The zero-order valence-corrected chi connectivity index (χ0v) is 10.8. The lowest BCUT2D eigenvalue weighted by Gasteiger charge is -2.11. The maximum atomic E-state index is 9.99. The molecule has 4 nitrogen and oxygen atoms in total. The number of nitrogens with zero attached hydrogens (tertiary/aromatic N) is 1. The molecule has 98 valence electrons. The molecule has 0 spiro atoms. The molecule has 1 atom stereocenters. The largest absolute Gasteiger partial charge is 0.465 e. The van der Waals surface area contributed by atoms with E-state index in [2.05, 4.69) is 11.4 Å². The van der Waals surface area contributed by atoms with Crippen LogP contribution >= 0.6 is 0 Å². The summed E-state index contributed by atoms with van der Waals surface area (Å²) in [7, 11) is 0. The minimum atomic E-state index is -0.594. The highest BCUT2D eigenvalue weighted by Crippen LogP contribution is 2.13. The third-order valence-corrected chi connectivity index (χ3v) is 2.86. The van der Waals surface area contributed by atoms with Gasteiger partial charge in [-0.3, -0.25) is 0 Å². The van der Waals surface area contributed by atoms with E-state index in [-0.39, 0.29) is 0 Å². The summed E-state index contributed by atoms with van der Waals surface area (Å²) in [6.45, 7) is 2.92. The Balaban J connectivity index is 1.83. The second-order valence-electron chi connectivity index (χ2n) is 4.39. The number of aliphatic hydroxyl groups is 1. The van der Waals surface area contributed by atoms with Gasteiger partial charge in [0.2, 0.25) is 0 Å². The molecule has 19 heavy (non-hydrogen) atoms. The van der Waals surface area contributed by atoms with E-state index in [9.17, 15) is 5.11 Å². The summed E-state index contributed by atoms with van der Waals surface area (Å²) in [5, 5.41) is 21.8. The fourth-order valence-corrected chi connectivity index (χ4v) is 1.81. The fourth-order valence-electron chi connectivity index (χ4n) is 1.81. The average Bonchev–Trinajstić information content (AvgIpc) is 2.84. The number of hydrogen-bond donors (Lipinski definition) is 2. The number of nitrogens with one attached hydrogen (secondary N) is 1. The number of rotatable bonds is 5. The summed E-state index contributed by atoms with van der Waals surface area (Å²) in [4.78, 5) is 0. The van der Waals surface area contributed by atoms with Gasteiger partial charge < -0.3 is 14.8 Å². The summed E-state index contributed by atoms with van der Waals surface area (Å²) in [6.07, 6.45) is -0.594. The first-order valence-corrected chi connectivity index (χ1v) is 6.13. The van der Waals surface area contributed by atoms with E-state index in [4.69, 9.17) is 9.68 Å². The molecule has 0 radical (unpaired) electrons. The summed E-state index contributed by atoms with van der Waals surface area (Å²) in [5.41, 5.74) is 1.39. The lowest BCUT2D eigenvalue weighted by atomic mass is 10.1. The van der Waals surface area contributed by atoms with Crippen LogP contribution in [0.15, 0.2) is 40.8 Å². The highest BCUT2D eigenvalue weighted by Gasteiger charge is 2.07. The standard InChI is InChI=1S/C15H16N2O2/c1-11-2-7-14(19-11)9-17-10-15(18)13-5-3-12(8-16)4-6-13/h2-7,15,17-18H,9-10H2,1H3. The lowest BCUT2D eigenvalue weighted by molar-refractivity contribution is 0.173. The Bertz CT molecular complexity index is 567. The van der Waals surface area contributed by atoms with E-state index in [0.29, 0.717) is 18.7 Å². The van der Waals surface area contributed by atoms with Gasteiger partial charge in [0, 0.05) is 6.54 Å². The first kappa shape index (κ1) is 13.3. The van der Waals surface area contributed by atoms with E-state index in [0.717, 1.165) is 17.1 Å². The Morgan fingerprint density at radius 1 is 1.26 bits per heavy atom. The summed E-state index contributed by atoms with van der Waals surface area (Å²) < 4.78 is 5.42. The molecule has 0 amide bonds. The number of nitriles is 1. The second-order valence-corrected chi connectivity index (χ2v) is 4.39. The van der Waals surface area contributed by atoms with Crippen molar-refractivity contribution in [2.45, 2.75) is 19.6 Å². The fraction of sp³-hybridized carbons (Fsp3) is 0.267. The van der Waals surface area contributed by atoms with Crippen LogP contribution in [0.1, 0.15) is 28.8 Å². The number of aliphatic hydroxyl groups excluding tert-OH is 1. The minimum absolute atomic E-state index is 0.436. The number of benzene rings is 1. The lowest BCUT2D eigenvalue weighted by Crippen LogP contribution is -2.20. The molecule has 1 aromatic heterocycles. The molecule has 0 saturated carbocycles. The summed E-state index contributed by atoms with van der Waals surface area (Å²) in [6, 6.07) is 12.8. The molecule has 2 aromatic rings. The van der Waals surface area contributed by atoms with Crippen LogP contribution in [-0.2, 0) is 6.54 Å². The molecule has 0 bridgehead atoms. The van der Waals surface area contributed by atoms with Crippen molar-refractivity contribution in [1.82, 2.24) is 5.32 Å². The van der Waals surface area contributed by atoms with Crippen LogP contribution in [0.3, 0.4) is 0 Å². The molecule has 1 unspecified atom stereocenters. The molecular weight excluding hydrogens is 240 g/mol. The van der Waals surface area contributed by atoms with Gasteiger partial charge in [-0.15, -0.1) is 0 Å². The SMILES string of the molecule is Cc1ccc(CNCC(O)c2ccc(C#N)cc2)o1. The molecule has 0 aliphatic carbocycles. The minimum Gasteiger partial charge on any atom is -0.465 e. The molecule has 0 saturated heterocycles. The Morgan fingerprint density at radius 2 is 2.00 bits per heavy atom. The number of hydrogen-bond acceptors (Lipinski definition) is 4. The summed E-state index contributed by atoms with van der Waals surface area (Å²) in [5.74, 6) is 1.73. The average molecular weight is 256 g/mol. The molecule has 2 N–H and O–H groups in total. The molecule has 2 rings (SSSR count). The van der Waals surface area contributed by atoms with Gasteiger partial charge in [0.25, 0.3) is 0 Å². The van der Waals surface area contributed by atoms with Crippen molar-refractivity contribution < 1.29 is 9.52 Å². The van der Waals surface area contributed by atoms with Crippen LogP contribution < -0.4 is 5.32 Å². The number of aryl methyl sites for hydroxylation is 1. The van der Waals surface area contributed by atoms with E-state index in [1.54, 1.807) is 24.3 Å². The van der Waals surface area contributed by atoms with Gasteiger partial charge in [0.1, 0.15) is 11.5 Å². The van der Waals surface area contributed by atoms with Crippen molar-refractivity contribution in [2.75, 3.05) is 6.54 Å². The van der Waals surface area contributed by atoms with Gasteiger partial charge >= 0.3 is 0 Å². The molecule has 0 fully saturated rings. The van der Waals surface area contributed by atoms with Crippen molar-refractivity contribution >= 4 is 0 Å². The van der Waals surface area contributed by atoms with Gasteiger partial charge in [-0.25, -0.2) is 0 Å². The first-order chi connectivity index (χ1) is 9.19.